The number of unbranched alkanes of at least 4 members (excludes halogenated alkanes) is 15. The summed E-state index contributed by atoms with van der Waals surface area (Å²) in [6.45, 7) is 2.28. The van der Waals surface area contributed by atoms with Crippen LogP contribution in [-0.4, -0.2) is 30.1 Å². The van der Waals surface area contributed by atoms with Crippen LogP contribution in [0, 0.1) is 0 Å². The Morgan fingerprint density at radius 3 is 1.35 bits per heavy atom. The highest BCUT2D eigenvalue weighted by Crippen LogP contribution is 2.15. The van der Waals surface area contributed by atoms with Gasteiger partial charge < -0.3 is 10.0 Å². The lowest BCUT2D eigenvalue weighted by Gasteiger charge is -2.08. The van der Waals surface area contributed by atoms with Crippen LogP contribution in [-0.2, 0) is 4.79 Å². The molecule has 1 N–H and O–H groups in total. The van der Waals surface area contributed by atoms with Gasteiger partial charge in [-0.3, -0.25) is 0 Å². The number of aliphatic carboxylic acids is 1. The van der Waals surface area contributed by atoms with Crippen LogP contribution in [0.5, 0.6) is 0 Å². The summed E-state index contributed by atoms with van der Waals surface area (Å²) in [5, 5.41) is 9.15. The predicted octanol–water partition coefficient (Wildman–Crippen LogP) is 7.17. The van der Waals surface area contributed by atoms with E-state index in [9.17, 15) is 4.79 Å². The number of carboxylic acids is 1. The molecule has 0 fully saturated rings. The van der Waals surface area contributed by atoms with E-state index in [4.69, 9.17) is 5.11 Å². The average molecular weight is 368 g/mol. The summed E-state index contributed by atoms with van der Waals surface area (Å²) < 4.78 is 0. The minimum Gasteiger partial charge on any atom is -0.478 e. The molecule has 0 saturated heterocycles. The van der Waals surface area contributed by atoms with E-state index in [2.05, 4.69) is 6.92 Å². The van der Waals surface area contributed by atoms with Gasteiger partial charge in [-0.2, -0.15) is 0 Å². The molecule has 3 nitrogen and oxygen atoms in total. The number of hydrogen-bond acceptors (Lipinski definition) is 2. The molecular formula is C23H45NO2. The van der Waals surface area contributed by atoms with Gasteiger partial charge in [0, 0.05) is 20.3 Å². The SMILES string of the molecule is CCCCCCCCCCCCCCCCCCC(=CN(C)C)C(=O)O. The van der Waals surface area contributed by atoms with Gasteiger partial charge in [-0.25, -0.2) is 4.79 Å². The molecule has 0 spiro atoms. The van der Waals surface area contributed by atoms with E-state index in [-0.39, 0.29) is 0 Å². The standard InChI is InChI=1S/C23H45NO2/c1-4-5-6-7-8-9-10-11-12-13-14-15-16-17-18-19-20-22(23(25)26)21-24(2)3/h21H,4-20H2,1-3H3,(H,25,26). The fourth-order valence-electron chi connectivity index (χ4n) is 3.40. The minimum atomic E-state index is -0.778. The highest BCUT2D eigenvalue weighted by Gasteiger charge is 2.07. The molecule has 26 heavy (non-hydrogen) atoms. The van der Waals surface area contributed by atoms with Gasteiger partial charge in [-0.05, 0) is 12.8 Å². The summed E-state index contributed by atoms with van der Waals surface area (Å²) in [7, 11) is 3.74. The van der Waals surface area contributed by atoms with Gasteiger partial charge in [0.15, 0.2) is 0 Å². The van der Waals surface area contributed by atoms with Crippen molar-refractivity contribution in [2.75, 3.05) is 14.1 Å². The number of carboxylic acid groups (broad SMARTS) is 1. The fraction of sp³-hybridized carbons (Fsp3) is 0.870. The summed E-state index contributed by atoms with van der Waals surface area (Å²) in [6, 6.07) is 0. The quantitative estimate of drug-likeness (QED) is 0.194. The average Bonchev–Trinajstić information content (AvgIpc) is 2.59. The topological polar surface area (TPSA) is 40.5 Å². The third-order valence-electron chi connectivity index (χ3n) is 4.99. The largest absolute Gasteiger partial charge is 0.478 e. The van der Waals surface area contributed by atoms with E-state index < -0.39 is 5.97 Å². The van der Waals surface area contributed by atoms with E-state index in [1.54, 1.807) is 6.20 Å². The van der Waals surface area contributed by atoms with E-state index in [1.807, 2.05) is 19.0 Å². The third-order valence-corrected chi connectivity index (χ3v) is 4.99. The van der Waals surface area contributed by atoms with Crippen LogP contribution >= 0.6 is 0 Å². The van der Waals surface area contributed by atoms with Gasteiger partial charge in [0.2, 0.25) is 0 Å². The second-order valence-corrected chi connectivity index (χ2v) is 7.98. The molecule has 0 rings (SSSR count). The predicted molar refractivity (Wildman–Crippen MR) is 114 cm³/mol. The van der Waals surface area contributed by atoms with Crippen molar-refractivity contribution in [2.24, 2.45) is 0 Å². The second kappa shape index (κ2) is 18.8. The van der Waals surface area contributed by atoms with Gasteiger partial charge in [-0.1, -0.05) is 103 Å². The first-order valence-corrected chi connectivity index (χ1v) is 11.2. The first-order valence-electron chi connectivity index (χ1n) is 11.2. The summed E-state index contributed by atoms with van der Waals surface area (Å²) >= 11 is 0. The molecule has 0 saturated carbocycles. The van der Waals surface area contributed by atoms with E-state index in [0.717, 1.165) is 12.8 Å². The van der Waals surface area contributed by atoms with Crippen molar-refractivity contribution < 1.29 is 9.90 Å². The molecule has 0 radical (unpaired) electrons. The van der Waals surface area contributed by atoms with Crippen LogP contribution in [0.2, 0.25) is 0 Å². The van der Waals surface area contributed by atoms with Gasteiger partial charge >= 0.3 is 5.97 Å². The normalized spacial score (nSPS) is 11.7. The van der Waals surface area contributed by atoms with E-state index in [0.29, 0.717) is 12.0 Å². The van der Waals surface area contributed by atoms with Crippen molar-refractivity contribution in [3.05, 3.63) is 11.8 Å². The number of carbonyl (C=O) groups is 1. The molecule has 0 aromatic rings. The maximum atomic E-state index is 11.1. The summed E-state index contributed by atoms with van der Waals surface area (Å²) in [5.41, 5.74) is 0.528. The molecule has 0 atom stereocenters. The van der Waals surface area contributed by atoms with Crippen LogP contribution in [0.15, 0.2) is 11.8 Å². The van der Waals surface area contributed by atoms with Crippen LogP contribution in [0.3, 0.4) is 0 Å². The first-order chi connectivity index (χ1) is 12.6. The Balaban J connectivity index is 3.30. The van der Waals surface area contributed by atoms with Crippen LogP contribution in [0.1, 0.15) is 116 Å². The molecule has 154 valence electrons. The van der Waals surface area contributed by atoms with Crippen molar-refractivity contribution in [3.63, 3.8) is 0 Å². The Bertz CT molecular complexity index is 350. The van der Waals surface area contributed by atoms with Crippen molar-refractivity contribution in [1.82, 2.24) is 4.90 Å². The van der Waals surface area contributed by atoms with Gasteiger partial charge in [0.25, 0.3) is 0 Å². The smallest absolute Gasteiger partial charge is 0.333 e. The van der Waals surface area contributed by atoms with Crippen molar-refractivity contribution in [1.29, 1.82) is 0 Å². The maximum Gasteiger partial charge on any atom is 0.333 e. The highest BCUT2D eigenvalue weighted by atomic mass is 16.4. The van der Waals surface area contributed by atoms with Crippen molar-refractivity contribution in [2.45, 2.75) is 116 Å². The summed E-state index contributed by atoms with van der Waals surface area (Å²) in [4.78, 5) is 12.9. The molecule has 0 heterocycles. The molecule has 0 aliphatic carbocycles. The van der Waals surface area contributed by atoms with E-state index in [1.165, 1.54) is 89.9 Å². The molecule has 0 aromatic carbocycles. The number of hydrogen-bond donors (Lipinski definition) is 1. The first kappa shape index (κ1) is 25.0. The zero-order valence-corrected chi connectivity index (χ0v) is 17.9. The van der Waals surface area contributed by atoms with Crippen molar-refractivity contribution >= 4 is 5.97 Å². The lowest BCUT2D eigenvalue weighted by molar-refractivity contribution is -0.132. The number of rotatable bonds is 19. The lowest BCUT2D eigenvalue weighted by atomic mass is 10.0. The Labute approximate surface area is 163 Å². The Hall–Kier alpha value is -0.990. The molecule has 0 aliphatic heterocycles. The number of nitrogens with zero attached hydrogens (tertiary/aromatic N) is 1. The Morgan fingerprint density at radius 1 is 0.692 bits per heavy atom. The molecular weight excluding hydrogens is 322 g/mol. The molecule has 0 aliphatic rings. The van der Waals surface area contributed by atoms with Crippen LogP contribution in [0.25, 0.3) is 0 Å². The van der Waals surface area contributed by atoms with Gasteiger partial charge in [-0.15, -0.1) is 0 Å². The van der Waals surface area contributed by atoms with Gasteiger partial charge in [0.1, 0.15) is 0 Å². The minimum absolute atomic E-state index is 0.528. The molecule has 0 amide bonds. The van der Waals surface area contributed by atoms with Crippen molar-refractivity contribution in [3.8, 4) is 0 Å². The fourth-order valence-corrected chi connectivity index (χ4v) is 3.40. The Morgan fingerprint density at radius 2 is 1.04 bits per heavy atom. The highest BCUT2D eigenvalue weighted by molar-refractivity contribution is 5.86. The zero-order valence-electron chi connectivity index (χ0n) is 17.9. The third kappa shape index (κ3) is 17.8. The second-order valence-electron chi connectivity index (χ2n) is 7.98. The monoisotopic (exact) mass is 367 g/mol. The molecule has 3 heteroatoms. The van der Waals surface area contributed by atoms with Crippen LogP contribution in [0.4, 0.5) is 0 Å². The summed E-state index contributed by atoms with van der Waals surface area (Å²) in [5.74, 6) is -0.778. The lowest BCUT2D eigenvalue weighted by Crippen LogP contribution is -2.08. The zero-order chi connectivity index (χ0) is 19.5. The molecule has 0 unspecified atom stereocenters. The molecule has 0 bridgehead atoms. The Kier molecular flexibility index (Phi) is 18.1. The van der Waals surface area contributed by atoms with Crippen LogP contribution < -0.4 is 0 Å². The van der Waals surface area contributed by atoms with E-state index >= 15 is 0 Å². The molecule has 0 aromatic heterocycles. The maximum absolute atomic E-state index is 11.1. The van der Waals surface area contributed by atoms with Gasteiger partial charge in [0.05, 0.1) is 5.57 Å². The summed E-state index contributed by atoms with van der Waals surface area (Å²) in [6.07, 6.45) is 24.0.